The summed E-state index contributed by atoms with van der Waals surface area (Å²) in [6.07, 6.45) is -9.31. The third-order valence-corrected chi connectivity index (χ3v) is 5.21. The smallest absolute Gasteiger partial charge is 0.329 e. The number of ether oxygens (including phenoxy) is 2. The van der Waals surface area contributed by atoms with Gasteiger partial charge in [0.2, 0.25) is 0 Å². The molecule has 1 aliphatic rings. The van der Waals surface area contributed by atoms with Crippen LogP contribution < -0.4 is 16.0 Å². The van der Waals surface area contributed by atoms with Crippen LogP contribution in [0.25, 0.3) is 0 Å². The van der Waals surface area contributed by atoms with E-state index in [9.17, 15) is 39.9 Å². The SMILES string of the molecule is CC(C)(C)OC(=O)[C@H](Cc1ccccc1)NC(=O)[C@@H](O)CNC(=O)NC1O[C@H](CO)[C@@H](O)[C@H](O)[C@@H]1O. The van der Waals surface area contributed by atoms with Crippen molar-refractivity contribution in [3.05, 3.63) is 35.9 Å². The van der Waals surface area contributed by atoms with Gasteiger partial charge in [0.25, 0.3) is 5.91 Å². The number of urea groups is 1. The van der Waals surface area contributed by atoms with Crippen molar-refractivity contribution in [2.75, 3.05) is 13.2 Å². The molecule has 0 aliphatic carbocycles. The quantitative estimate of drug-likeness (QED) is 0.163. The highest BCUT2D eigenvalue weighted by atomic mass is 16.6. The van der Waals surface area contributed by atoms with Gasteiger partial charge in [-0.05, 0) is 26.3 Å². The second kappa shape index (κ2) is 12.9. The zero-order chi connectivity index (χ0) is 27.0. The maximum atomic E-state index is 12.6. The van der Waals surface area contributed by atoms with E-state index in [4.69, 9.17) is 9.47 Å². The fourth-order valence-corrected chi connectivity index (χ4v) is 3.37. The summed E-state index contributed by atoms with van der Waals surface area (Å²) in [4.78, 5) is 37.3. The normalized spacial score (nSPS) is 25.8. The molecule has 1 aliphatic heterocycles. The van der Waals surface area contributed by atoms with Gasteiger partial charge in [0.1, 0.15) is 42.2 Å². The molecule has 7 atom stereocenters. The van der Waals surface area contributed by atoms with E-state index >= 15 is 0 Å². The lowest BCUT2D eigenvalue weighted by Crippen LogP contribution is -2.64. The first-order valence-electron chi connectivity index (χ1n) is 11.4. The van der Waals surface area contributed by atoms with Crippen molar-refractivity contribution >= 4 is 17.9 Å². The fraction of sp³-hybridized carbons (Fsp3) is 0.609. The number of esters is 1. The van der Waals surface area contributed by atoms with Crippen molar-refractivity contribution < 1.29 is 49.4 Å². The molecule has 202 valence electrons. The van der Waals surface area contributed by atoms with Crippen LogP contribution in [0.2, 0.25) is 0 Å². The highest BCUT2D eigenvalue weighted by molar-refractivity contribution is 5.87. The van der Waals surface area contributed by atoms with Gasteiger partial charge >= 0.3 is 12.0 Å². The number of rotatable bonds is 9. The summed E-state index contributed by atoms with van der Waals surface area (Å²) in [6.45, 7) is 3.80. The Hall–Kier alpha value is -2.81. The molecule has 1 saturated heterocycles. The van der Waals surface area contributed by atoms with E-state index in [0.29, 0.717) is 0 Å². The van der Waals surface area contributed by atoms with Crippen LogP contribution in [-0.2, 0) is 25.5 Å². The molecular formula is C23H35N3O10. The average Bonchev–Trinajstić information content (AvgIpc) is 2.81. The molecule has 0 radical (unpaired) electrons. The van der Waals surface area contributed by atoms with Crippen molar-refractivity contribution in [1.82, 2.24) is 16.0 Å². The van der Waals surface area contributed by atoms with Crippen LogP contribution in [-0.4, -0.2) is 105 Å². The van der Waals surface area contributed by atoms with Crippen molar-refractivity contribution in [2.24, 2.45) is 0 Å². The summed E-state index contributed by atoms with van der Waals surface area (Å²) < 4.78 is 10.5. The molecule has 0 spiro atoms. The van der Waals surface area contributed by atoms with Crippen LogP contribution in [0.15, 0.2) is 30.3 Å². The van der Waals surface area contributed by atoms with Gasteiger partial charge in [-0.25, -0.2) is 9.59 Å². The first kappa shape index (κ1) is 29.4. The van der Waals surface area contributed by atoms with E-state index in [-0.39, 0.29) is 6.42 Å². The molecule has 13 heteroatoms. The molecule has 2 rings (SSSR count). The van der Waals surface area contributed by atoms with Crippen molar-refractivity contribution in [3.63, 3.8) is 0 Å². The average molecular weight is 514 g/mol. The predicted octanol–water partition coefficient (Wildman–Crippen LogP) is -2.48. The van der Waals surface area contributed by atoms with Gasteiger partial charge in [0, 0.05) is 6.42 Å². The minimum atomic E-state index is -1.74. The first-order valence-corrected chi connectivity index (χ1v) is 11.4. The Morgan fingerprint density at radius 2 is 1.69 bits per heavy atom. The number of carbonyl (C=O) groups excluding carboxylic acids is 3. The monoisotopic (exact) mass is 513 g/mol. The Morgan fingerprint density at radius 3 is 2.28 bits per heavy atom. The van der Waals surface area contributed by atoms with Crippen molar-refractivity contribution in [2.45, 2.75) is 75.6 Å². The number of aliphatic hydroxyl groups excluding tert-OH is 5. The largest absolute Gasteiger partial charge is 0.458 e. The Bertz CT molecular complexity index is 877. The molecule has 0 aromatic heterocycles. The lowest BCUT2D eigenvalue weighted by Gasteiger charge is -2.40. The number of nitrogens with one attached hydrogen (secondary N) is 3. The molecule has 1 unspecified atom stereocenters. The van der Waals surface area contributed by atoms with Crippen LogP contribution in [0.3, 0.4) is 0 Å². The number of hydrogen-bond acceptors (Lipinski definition) is 10. The number of benzene rings is 1. The minimum Gasteiger partial charge on any atom is -0.458 e. The zero-order valence-corrected chi connectivity index (χ0v) is 20.3. The molecule has 3 amide bonds. The van der Waals surface area contributed by atoms with Gasteiger partial charge < -0.3 is 51.0 Å². The predicted molar refractivity (Wildman–Crippen MR) is 124 cm³/mol. The van der Waals surface area contributed by atoms with Gasteiger partial charge in [-0.1, -0.05) is 30.3 Å². The Labute approximate surface area is 208 Å². The first-order chi connectivity index (χ1) is 16.8. The van der Waals surface area contributed by atoms with Gasteiger partial charge in [-0.15, -0.1) is 0 Å². The van der Waals surface area contributed by atoms with Gasteiger partial charge in [-0.2, -0.15) is 0 Å². The van der Waals surface area contributed by atoms with Crippen LogP contribution in [0.4, 0.5) is 4.79 Å². The van der Waals surface area contributed by atoms with E-state index in [1.54, 1.807) is 51.1 Å². The third-order valence-electron chi connectivity index (χ3n) is 5.21. The maximum absolute atomic E-state index is 12.6. The zero-order valence-electron chi connectivity index (χ0n) is 20.3. The second-order valence-electron chi connectivity index (χ2n) is 9.40. The summed E-state index contributed by atoms with van der Waals surface area (Å²) in [5.74, 6) is -1.63. The summed E-state index contributed by atoms with van der Waals surface area (Å²) >= 11 is 0. The maximum Gasteiger partial charge on any atom is 0.329 e. The third kappa shape index (κ3) is 8.69. The molecule has 0 bridgehead atoms. The lowest BCUT2D eigenvalue weighted by atomic mass is 9.98. The Kier molecular flexibility index (Phi) is 10.6. The van der Waals surface area contributed by atoms with Crippen LogP contribution in [0.5, 0.6) is 0 Å². The lowest BCUT2D eigenvalue weighted by molar-refractivity contribution is -0.233. The fourth-order valence-electron chi connectivity index (χ4n) is 3.37. The molecule has 13 nitrogen and oxygen atoms in total. The topological polar surface area (TPSA) is 207 Å². The molecule has 1 aromatic carbocycles. The molecular weight excluding hydrogens is 478 g/mol. The standard InChI is InChI=1S/C23H35N3O10/c1-23(2,3)36-21(33)13(9-12-7-5-4-6-8-12)25-19(32)14(28)10-24-22(34)26-20-18(31)17(30)16(29)15(11-27)35-20/h4-8,13-18,20,27-31H,9-11H2,1-3H3,(H,25,32)(H2,24,26,34)/t13-,14-,15+,16+,17-,18-,20?/m0/s1. The van der Waals surface area contributed by atoms with Crippen LogP contribution in [0, 0.1) is 0 Å². The minimum absolute atomic E-state index is 0.110. The highest BCUT2D eigenvalue weighted by Gasteiger charge is 2.44. The van der Waals surface area contributed by atoms with E-state index < -0.39 is 79.4 Å². The number of carbonyl (C=O) groups is 3. The molecule has 1 aromatic rings. The van der Waals surface area contributed by atoms with E-state index in [1.165, 1.54) is 0 Å². The number of aliphatic hydroxyl groups is 5. The van der Waals surface area contributed by atoms with Crippen LogP contribution in [0.1, 0.15) is 26.3 Å². The summed E-state index contributed by atoms with van der Waals surface area (Å²) in [5, 5.41) is 55.8. The number of amides is 3. The highest BCUT2D eigenvalue weighted by Crippen LogP contribution is 2.19. The van der Waals surface area contributed by atoms with Crippen molar-refractivity contribution in [1.29, 1.82) is 0 Å². The van der Waals surface area contributed by atoms with E-state index in [0.717, 1.165) is 5.56 Å². The van der Waals surface area contributed by atoms with Gasteiger partial charge in [0.15, 0.2) is 6.23 Å². The van der Waals surface area contributed by atoms with E-state index in [1.807, 2.05) is 0 Å². The number of hydrogen-bond donors (Lipinski definition) is 8. The van der Waals surface area contributed by atoms with Crippen molar-refractivity contribution in [3.8, 4) is 0 Å². The second-order valence-corrected chi connectivity index (χ2v) is 9.40. The molecule has 1 fully saturated rings. The Morgan fingerprint density at radius 1 is 1.06 bits per heavy atom. The summed E-state index contributed by atoms with van der Waals surface area (Å²) in [5.41, 5.74) is -0.0560. The Balaban J connectivity index is 1.93. The molecule has 1 heterocycles. The van der Waals surface area contributed by atoms with Gasteiger partial charge in [0.05, 0.1) is 13.2 Å². The van der Waals surface area contributed by atoms with E-state index in [2.05, 4.69) is 16.0 Å². The van der Waals surface area contributed by atoms with Crippen LogP contribution >= 0.6 is 0 Å². The van der Waals surface area contributed by atoms with Gasteiger partial charge in [-0.3, -0.25) is 4.79 Å². The molecule has 0 saturated carbocycles. The molecule has 36 heavy (non-hydrogen) atoms. The summed E-state index contributed by atoms with van der Waals surface area (Å²) in [6, 6.07) is 6.81. The molecule has 8 N–H and O–H groups in total. The summed E-state index contributed by atoms with van der Waals surface area (Å²) in [7, 11) is 0.